The Hall–Kier alpha value is -0.520. The lowest BCUT2D eigenvalue weighted by Crippen LogP contribution is -2.65. The van der Waals surface area contributed by atoms with E-state index in [1.54, 1.807) is 6.92 Å². The number of ether oxygens (including phenoxy) is 5. The molecule has 182 valence electrons. The van der Waals surface area contributed by atoms with Crippen LogP contribution in [0.3, 0.4) is 0 Å². The molecule has 0 aliphatic carbocycles. The first kappa shape index (κ1) is 25.1. The molecule has 3 fully saturated rings. The largest absolute Gasteiger partial charge is 0.394 e. The second-order valence-corrected chi connectivity index (χ2v) is 8.20. The normalized spacial score (nSPS) is 54.0. The summed E-state index contributed by atoms with van der Waals surface area (Å²) in [6.45, 7) is 2.36. The van der Waals surface area contributed by atoms with E-state index in [2.05, 4.69) is 0 Å². The van der Waals surface area contributed by atoms with Gasteiger partial charge in [-0.05, 0) is 13.8 Å². The molecule has 14 atom stereocenters. The third-order valence-corrected chi connectivity index (χ3v) is 5.89. The van der Waals surface area contributed by atoms with Gasteiger partial charge in [0.25, 0.3) is 0 Å². The summed E-state index contributed by atoms with van der Waals surface area (Å²) in [5, 5.41) is 80.4. The molecule has 31 heavy (non-hydrogen) atoms. The molecule has 1 unspecified atom stereocenters. The van der Waals surface area contributed by atoms with Crippen LogP contribution < -0.4 is 0 Å². The molecule has 0 amide bonds. The van der Waals surface area contributed by atoms with Crippen LogP contribution in [0.5, 0.6) is 0 Å². The second kappa shape index (κ2) is 10.2. The van der Waals surface area contributed by atoms with Crippen molar-refractivity contribution in [1.29, 1.82) is 0 Å². The van der Waals surface area contributed by atoms with Crippen LogP contribution in [0.25, 0.3) is 0 Å². The lowest BCUT2D eigenvalue weighted by atomic mass is 9.96. The Labute approximate surface area is 178 Å². The highest BCUT2D eigenvalue weighted by atomic mass is 16.7. The lowest BCUT2D eigenvalue weighted by molar-refractivity contribution is -0.371. The van der Waals surface area contributed by atoms with Crippen molar-refractivity contribution >= 4 is 0 Å². The summed E-state index contributed by atoms with van der Waals surface area (Å²) in [5.41, 5.74) is 0. The van der Waals surface area contributed by atoms with Gasteiger partial charge in [-0.25, -0.2) is 0 Å². The van der Waals surface area contributed by atoms with Gasteiger partial charge in [0, 0.05) is 6.42 Å². The Morgan fingerprint density at radius 1 is 0.677 bits per heavy atom. The minimum absolute atomic E-state index is 0.0477. The van der Waals surface area contributed by atoms with E-state index >= 15 is 0 Å². The highest BCUT2D eigenvalue weighted by molar-refractivity contribution is 4.94. The number of hydrogen-bond acceptors (Lipinski definition) is 13. The summed E-state index contributed by atoms with van der Waals surface area (Å²) < 4.78 is 27.1. The van der Waals surface area contributed by atoms with E-state index in [9.17, 15) is 40.9 Å². The van der Waals surface area contributed by atoms with Crippen LogP contribution in [0.1, 0.15) is 20.3 Å². The lowest BCUT2D eigenvalue weighted by Gasteiger charge is -2.47. The van der Waals surface area contributed by atoms with E-state index in [-0.39, 0.29) is 6.42 Å². The van der Waals surface area contributed by atoms with Crippen molar-refractivity contribution in [2.24, 2.45) is 0 Å². The van der Waals surface area contributed by atoms with E-state index in [4.69, 9.17) is 23.7 Å². The van der Waals surface area contributed by atoms with Crippen molar-refractivity contribution in [3.05, 3.63) is 0 Å². The number of hydrogen-bond donors (Lipinski definition) is 8. The van der Waals surface area contributed by atoms with Crippen molar-refractivity contribution in [3.63, 3.8) is 0 Å². The van der Waals surface area contributed by atoms with E-state index < -0.39 is 92.6 Å². The smallest absolute Gasteiger partial charge is 0.187 e. The number of aliphatic hydroxyl groups is 8. The van der Waals surface area contributed by atoms with E-state index in [0.717, 1.165) is 0 Å². The van der Waals surface area contributed by atoms with Crippen LogP contribution in [0, 0.1) is 0 Å². The van der Waals surface area contributed by atoms with E-state index in [1.807, 2.05) is 0 Å². The number of aliphatic hydroxyl groups excluding tert-OH is 8. The maximum Gasteiger partial charge on any atom is 0.187 e. The van der Waals surface area contributed by atoms with Crippen LogP contribution in [0.15, 0.2) is 0 Å². The maximum absolute atomic E-state index is 10.7. The molecular weight excluding hydrogens is 424 g/mol. The van der Waals surface area contributed by atoms with Gasteiger partial charge >= 0.3 is 0 Å². The monoisotopic (exact) mass is 456 g/mol. The van der Waals surface area contributed by atoms with Gasteiger partial charge in [0.15, 0.2) is 18.9 Å². The van der Waals surface area contributed by atoms with Crippen LogP contribution in [0.2, 0.25) is 0 Å². The summed E-state index contributed by atoms with van der Waals surface area (Å²) in [7, 11) is 0. The van der Waals surface area contributed by atoms with Crippen molar-refractivity contribution in [2.75, 3.05) is 6.61 Å². The first-order chi connectivity index (χ1) is 14.5. The topological polar surface area (TPSA) is 208 Å². The van der Waals surface area contributed by atoms with Crippen LogP contribution in [-0.4, -0.2) is 133 Å². The molecule has 13 heteroatoms. The Morgan fingerprint density at radius 3 is 1.97 bits per heavy atom. The predicted molar refractivity (Wildman–Crippen MR) is 97.0 cm³/mol. The standard InChI is InChI=1S/C18H32O13/c1-5-7(20)3-8(21)17(28-5)31-15-10(22)9(4-19)29-18(13(15)25)30-14-6(2)27-16(26)12(24)11(14)23/h5-26H,3-4H2,1-2H3/t5-,6+,7+,8+,9-,10-,11+,12-,13+,14+,15+,16?,17-,18-/m1/s1. The van der Waals surface area contributed by atoms with Crippen molar-refractivity contribution in [1.82, 2.24) is 0 Å². The molecule has 0 aromatic carbocycles. The van der Waals surface area contributed by atoms with Gasteiger partial charge in [-0.1, -0.05) is 0 Å². The van der Waals surface area contributed by atoms with Gasteiger partial charge in [0.05, 0.1) is 24.9 Å². The first-order valence-electron chi connectivity index (χ1n) is 10.2. The first-order valence-corrected chi connectivity index (χ1v) is 10.2. The zero-order valence-electron chi connectivity index (χ0n) is 17.1. The van der Waals surface area contributed by atoms with E-state index in [0.29, 0.717) is 0 Å². The van der Waals surface area contributed by atoms with Crippen LogP contribution in [0.4, 0.5) is 0 Å². The Morgan fingerprint density at radius 2 is 1.32 bits per heavy atom. The average molecular weight is 456 g/mol. The molecule has 3 heterocycles. The summed E-state index contributed by atoms with van der Waals surface area (Å²) in [6.07, 6.45) is -18.6. The molecule has 3 aliphatic heterocycles. The van der Waals surface area contributed by atoms with Gasteiger partial charge in [-0.2, -0.15) is 0 Å². The second-order valence-electron chi connectivity index (χ2n) is 8.20. The molecule has 3 saturated heterocycles. The predicted octanol–water partition coefficient (Wildman–Crippen LogP) is -4.49. The van der Waals surface area contributed by atoms with Gasteiger partial charge in [0.2, 0.25) is 0 Å². The number of rotatable bonds is 5. The molecule has 13 nitrogen and oxygen atoms in total. The van der Waals surface area contributed by atoms with Crippen molar-refractivity contribution < 1.29 is 64.5 Å². The third kappa shape index (κ3) is 5.19. The fraction of sp³-hybridized carbons (Fsp3) is 1.00. The molecule has 0 saturated carbocycles. The summed E-state index contributed by atoms with van der Waals surface area (Å²) in [6, 6.07) is 0. The molecular formula is C18H32O13. The molecule has 0 radical (unpaired) electrons. The SMILES string of the molecule is C[C@@H]1OC(O)[C@H](O)[C@H](O)[C@H]1O[C@H]1O[C@H](CO)[C@@H](O)[C@H](O[C@H]2O[C@H](C)[C@@H](O)C[C@@H]2O)[C@@H]1O. The highest BCUT2D eigenvalue weighted by Crippen LogP contribution is 2.31. The third-order valence-electron chi connectivity index (χ3n) is 5.89. The average Bonchev–Trinajstić information content (AvgIpc) is 2.71. The Balaban J connectivity index is 1.73. The van der Waals surface area contributed by atoms with Gasteiger partial charge < -0.3 is 64.5 Å². The minimum Gasteiger partial charge on any atom is -0.394 e. The van der Waals surface area contributed by atoms with Crippen molar-refractivity contribution in [2.45, 2.75) is 106 Å². The Kier molecular flexibility index (Phi) is 8.24. The zero-order valence-corrected chi connectivity index (χ0v) is 17.1. The Bertz CT molecular complexity index is 581. The zero-order chi connectivity index (χ0) is 23.0. The summed E-state index contributed by atoms with van der Waals surface area (Å²) in [4.78, 5) is 0. The van der Waals surface area contributed by atoms with Gasteiger partial charge in [0.1, 0.15) is 48.8 Å². The highest BCUT2D eigenvalue weighted by Gasteiger charge is 2.51. The quantitative estimate of drug-likeness (QED) is 0.196. The molecule has 0 spiro atoms. The molecule has 0 bridgehead atoms. The summed E-state index contributed by atoms with van der Waals surface area (Å²) >= 11 is 0. The maximum atomic E-state index is 10.7. The fourth-order valence-corrected chi connectivity index (χ4v) is 3.91. The van der Waals surface area contributed by atoms with Gasteiger partial charge in [-0.3, -0.25) is 0 Å². The van der Waals surface area contributed by atoms with Crippen LogP contribution >= 0.6 is 0 Å². The summed E-state index contributed by atoms with van der Waals surface area (Å²) in [5.74, 6) is 0. The minimum atomic E-state index is -1.67. The van der Waals surface area contributed by atoms with Gasteiger partial charge in [-0.15, -0.1) is 0 Å². The van der Waals surface area contributed by atoms with Crippen LogP contribution in [-0.2, 0) is 23.7 Å². The van der Waals surface area contributed by atoms with E-state index in [1.165, 1.54) is 6.92 Å². The molecule has 3 aliphatic rings. The molecule has 0 aromatic heterocycles. The molecule has 0 aromatic rings. The molecule has 3 rings (SSSR count). The molecule has 8 N–H and O–H groups in total. The van der Waals surface area contributed by atoms with Crippen molar-refractivity contribution in [3.8, 4) is 0 Å². The fourth-order valence-electron chi connectivity index (χ4n) is 3.91.